The van der Waals surface area contributed by atoms with E-state index in [0.29, 0.717) is 11.3 Å². The molecule has 1 aromatic carbocycles. The monoisotopic (exact) mass is 217 g/mol. The fraction of sp³-hybridized carbons (Fsp3) is 0.167. The Hall–Kier alpha value is -2.28. The Morgan fingerprint density at radius 3 is 2.62 bits per heavy atom. The van der Waals surface area contributed by atoms with Crippen molar-refractivity contribution in [1.29, 1.82) is 0 Å². The molecule has 0 bridgehead atoms. The van der Waals surface area contributed by atoms with E-state index in [1.165, 1.54) is 14.0 Å². The number of esters is 1. The van der Waals surface area contributed by atoms with Crippen LogP contribution in [0.15, 0.2) is 24.3 Å². The molecule has 0 fully saturated rings. The number of para-hydroxylation sites is 1. The predicted octanol–water partition coefficient (Wildman–Crippen LogP) is 1.17. The average molecular weight is 217 g/mol. The normalized spacial score (nSPS) is 8.62. The molecule has 0 aromatic heterocycles. The first-order valence-electron chi connectivity index (χ1n) is 4.60. The number of rotatable bonds is 1. The molecule has 16 heavy (non-hydrogen) atoms. The van der Waals surface area contributed by atoms with E-state index < -0.39 is 5.97 Å². The third kappa shape index (κ3) is 3.46. The Morgan fingerprint density at radius 2 is 2.00 bits per heavy atom. The Kier molecular flexibility index (Phi) is 4.10. The maximum atomic E-state index is 10.9. The van der Waals surface area contributed by atoms with Crippen molar-refractivity contribution in [2.45, 2.75) is 6.92 Å². The van der Waals surface area contributed by atoms with Crippen LogP contribution in [-0.4, -0.2) is 19.0 Å². The first kappa shape index (κ1) is 11.8. The van der Waals surface area contributed by atoms with Crippen LogP contribution in [0.2, 0.25) is 0 Å². The predicted molar refractivity (Wildman–Crippen MR) is 59.6 cm³/mol. The van der Waals surface area contributed by atoms with Crippen molar-refractivity contribution in [3.05, 3.63) is 29.8 Å². The Labute approximate surface area is 93.6 Å². The molecule has 4 heteroatoms. The van der Waals surface area contributed by atoms with E-state index in [0.717, 1.165) is 0 Å². The van der Waals surface area contributed by atoms with Gasteiger partial charge < -0.3 is 10.1 Å². The number of carbonyl (C=O) groups is 2. The zero-order chi connectivity index (χ0) is 12.0. The van der Waals surface area contributed by atoms with Gasteiger partial charge in [0.05, 0.1) is 12.8 Å². The molecule has 0 aliphatic heterocycles. The van der Waals surface area contributed by atoms with Crippen LogP contribution >= 0.6 is 0 Å². The number of anilines is 1. The molecule has 0 saturated heterocycles. The Morgan fingerprint density at radius 1 is 1.31 bits per heavy atom. The van der Waals surface area contributed by atoms with E-state index in [9.17, 15) is 9.59 Å². The van der Waals surface area contributed by atoms with E-state index in [2.05, 4.69) is 21.9 Å². The SMILES string of the molecule is COC(=O)C#Cc1ccccc1NC(C)=O. The summed E-state index contributed by atoms with van der Waals surface area (Å²) in [7, 11) is 1.26. The summed E-state index contributed by atoms with van der Waals surface area (Å²) in [5.41, 5.74) is 1.15. The summed E-state index contributed by atoms with van der Waals surface area (Å²) in [6, 6.07) is 6.96. The molecule has 0 aliphatic rings. The highest BCUT2D eigenvalue weighted by molar-refractivity contribution is 5.92. The van der Waals surface area contributed by atoms with E-state index >= 15 is 0 Å². The lowest BCUT2D eigenvalue weighted by Crippen LogP contribution is -2.07. The molecule has 1 aromatic rings. The molecule has 1 N–H and O–H groups in total. The fourth-order valence-corrected chi connectivity index (χ4v) is 1.06. The minimum absolute atomic E-state index is 0.188. The van der Waals surface area contributed by atoms with Gasteiger partial charge in [0.1, 0.15) is 0 Å². The van der Waals surface area contributed by atoms with Gasteiger partial charge in [0, 0.05) is 18.4 Å². The number of amides is 1. The molecular formula is C12H11NO3. The molecule has 0 heterocycles. The second kappa shape index (κ2) is 5.56. The zero-order valence-electron chi connectivity index (χ0n) is 9.03. The fourth-order valence-electron chi connectivity index (χ4n) is 1.06. The van der Waals surface area contributed by atoms with Crippen molar-refractivity contribution in [2.75, 3.05) is 12.4 Å². The number of carbonyl (C=O) groups excluding carboxylic acids is 2. The minimum Gasteiger partial charge on any atom is -0.459 e. The molecule has 1 rings (SSSR count). The van der Waals surface area contributed by atoms with Gasteiger partial charge in [0.15, 0.2) is 0 Å². The number of nitrogens with one attached hydrogen (secondary N) is 1. The van der Waals surface area contributed by atoms with Crippen LogP contribution in [0, 0.1) is 11.8 Å². The van der Waals surface area contributed by atoms with Gasteiger partial charge in [-0.1, -0.05) is 18.1 Å². The van der Waals surface area contributed by atoms with Crippen LogP contribution in [0.4, 0.5) is 5.69 Å². The summed E-state index contributed by atoms with van der Waals surface area (Å²) in [6.45, 7) is 1.41. The van der Waals surface area contributed by atoms with Gasteiger partial charge in [-0.2, -0.15) is 0 Å². The quantitative estimate of drug-likeness (QED) is 0.567. The minimum atomic E-state index is -0.613. The largest absolute Gasteiger partial charge is 0.459 e. The second-order valence-electron chi connectivity index (χ2n) is 2.97. The summed E-state index contributed by atoms with van der Waals surface area (Å²) < 4.78 is 4.39. The molecule has 4 nitrogen and oxygen atoms in total. The van der Waals surface area contributed by atoms with Crippen molar-refractivity contribution >= 4 is 17.6 Å². The third-order valence-corrected chi connectivity index (χ3v) is 1.72. The number of hydrogen-bond acceptors (Lipinski definition) is 3. The maximum Gasteiger partial charge on any atom is 0.384 e. The first-order chi connectivity index (χ1) is 7.63. The van der Waals surface area contributed by atoms with Crippen LogP contribution in [0.25, 0.3) is 0 Å². The Balaban J connectivity index is 2.98. The van der Waals surface area contributed by atoms with Gasteiger partial charge in [0.2, 0.25) is 5.91 Å². The molecule has 0 unspecified atom stereocenters. The van der Waals surface area contributed by atoms with Crippen molar-refractivity contribution < 1.29 is 14.3 Å². The van der Waals surface area contributed by atoms with E-state index in [1.807, 2.05) is 0 Å². The first-order valence-corrected chi connectivity index (χ1v) is 4.60. The highest BCUT2D eigenvalue weighted by atomic mass is 16.5. The zero-order valence-corrected chi connectivity index (χ0v) is 9.03. The highest BCUT2D eigenvalue weighted by Crippen LogP contribution is 2.13. The van der Waals surface area contributed by atoms with E-state index in [-0.39, 0.29) is 5.91 Å². The molecule has 0 aliphatic carbocycles. The van der Waals surface area contributed by atoms with Gasteiger partial charge in [-0.3, -0.25) is 4.79 Å². The van der Waals surface area contributed by atoms with Gasteiger partial charge in [-0.15, -0.1) is 0 Å². The number of benzene rings is 1. The van der Waals surface area contributed by atoms with Crippen LogP contribution in [0.3, 0.4) is 0 Å². The topological polar surface area (TPSA) is 55.4 Å². The van der Waals surface area contributed by atoms with Crippen molar-refractivity contribution in [2.24, 2.45) is 0 Å². The maximum absolute atomic E-state index is 10.9. The van der Waals surface area contributed by atoms with Crippen LogP contribution in [-0.2, 0) is 14.3 Å². The van der Waals surface area contributed by atoms with Crippen LogP contribution in [0.5, 0.6) is 0 Å². The summed E-state index contributed by atoms with van der Waals surface area (Å²) in [6.07, 6.45) is 0. The standard InChI is InChI=1S/C12H11NO3/c1-9(14)13-11-6-4-3-5-10(11)7-8-12(15)16-2/h3-6H,1-2H3,(H,13,14). The molecular weight excluding hydrogens is 206 g/mol. The molecule has 0 radical (unpaired) electrons. The van der Waals surface area contributed by atoms with Gasteiger partial charge >= 0.3 is 5.97 Å². The number of ether oxygens (including phenoxy) is 1. The van der Waals surface area contributed by atoms with Crippen molar-refractivity contribution in [1.82, 2.24) is 0 Å². The van der Waals surface area contributed by atoms with Crippen LogP contribution in [0.1, 0.15) is 12.5 Å². The number of methoxy groups -OCH3 is 1. The summed E-state index contributed by atoms with van der Waals surface area (Å²) in [4.78, 5) is 21.7. The molecule has 0 atom stereocenters. The summed E-state index contributed by atoms with van der Waals surface area (Å²) in [5.74, 6) is 4.13. The second-order valence-corrected chi connectivity index (χ2v) is 2.97. The van der Waals surface area contributed by atoms with Gasteiger partial charge in [-0.05, 0) is 12.1 Å². The lowest BCUT2D eigenvalue weighted by atomic mass is 10.2. The molecule has 1 amide bonds. The Bertz CT molecular complexity index is 469. The van der Waals surface area contributed by atoms with Crippen molar-refractivity contribution in [3.8, 4) is 11.8 Å². The summed E-state index contributed by atoms with van der Waals surface area (Å²) >= 11 is 0. The summed E-state index contributed by atoms with van der Waals surface area (Å²) in [5, 5.41) is 2.62. The van der Waals surface area contributed by atoms with Crippen molar-refractivity contribution in [3.63, 3.8) is 0 Å². The molecule has 0 spiro atoms. The smallest absolute Gasteiger partial charge is 0.384 e. The van der Waals surface area contributed by atoms with Gasteiger partial charge in [0.25, 0.3) is 0 Å². The average Bonchev–Trinajstić information content (AvgIpc) is 2.26. The van der Waals surface area contributed by atoms with Crippen LogP contribution < -0.4 is 5.32 Å². The van der Waals surface area contributed by atoms with Gasteiger partial charge in [-0.25, -0.2) is 4.79 Å². The molecule has 82 valence electrons. The van der Waals surface area contributed by atoms with E-state index in [4.69, 9.17) is 0 Å². The lowest BCUT2D eigenvalue weighted by Gasteiger charge is -2.03. The third-order valence-electron chi connectivity index (χ3n) is 1.72. The highest BCUT2D eigenvalue weighted by Gasteiger charge is 2.00. The molecule has 0 saturated carbocycles. The number of hydrogen-bond donors (Lipinski definition) is 1. The lowest BCUT2D eigenvalue weighted by molar-refractivity contribution is -0.133. The van der Waals surface area contributed by atoms with E-state index in [1.54, 1.807) is 24.3 Å².